The van der Waals surface area contributed by atoms with Crippen LogP contribution in [-0.4, -0.2) is 79.0 Å². The number of ether oxygens (including phenoxy) is 1. The largest absolute Gasteiger partial charge is 0.462 e. The first-order valence-electron chi connectivity index (χ1n) is 11.8. The minimum atomic E-state index is -0.340. The molecule has 2 amide bonds. The van der Waals surface area contributed by atoms with Gasteiger partial charge in [-0.25, -0.2) is 4.79 Å². The molecule has 32 heavy (non-hydrogen) atoms. The summed E-state index contributed by atoms with van der Waals surface area (Å²) in [7, 11) is 0. The van der Waals surface area contributed by atoms with Crippen molar-refractivity contribution in [2.24, 2.45) is 0 Å². The minimum Gasteiger partial charge on any atom is -0.462 e. The fourth-order valence-electron chi connectivity index (χ4n) is 4.47. The maximum absolute atomic E-state index is 13.1. The van der Waals surface area contributed by atoms with Gasteiger partial charge in [0.25, 0.3) is 0 Å². The lowest BCUT2D eigenvalue weighted by Crippen LogP contribution is -2.54. The maximum Gasteiger partial charge on any atom is 0.341 e. The summed E-state index contributed by atoms with van der Waals surface area (Å²) in [5.41, 5.74) is 1.61. The van der Waals surface area contributed by atoms with Crippen LogP contribution in [0.15, 0.2) is 0 Å². The summed E-state index contributed by atoms with van der Waals surface area (Å²) < 4.78 is 5.29. The predicted molar refractivity (Wildman–Crippen MR) is 124 cm³/mol. The second-order valence-corrected chi connectivity index (χ2v) is 10.1. The molecule has 0 spiro atoms. The number of hydrogen-bond acceptors (Lipinski definition) is 7. The molecule has 1 saturated heterocycles. The molecule has 4 rings (SSSR count). The van der Waals surface area contributed by atoms with E-state index in [0.29, 0.717) is 29.8 Å². The Hall–Kier alpha value is -1.97. The topological polar surface area (TPSA) is 91.0 Å². The number of carbonyl (C=O) groups excluding carboxylic acids is 3. The van der Waals surface area contributed by atoms with Gasteiger partial charge in [-0.15, -0.1) is 11.3 Å². The highest BCUT2D eigenvalue weighted by Gasteiger charge is 2.31. The van der Waals surface area contributed by atoms with Crippen molar-refractivity contribution in [3.63, 3.8) is 0 Å². The number of rotatable bonds is 8. The average molecular weight is 463 g/mol. The molecule has 2 aliphatic carbocycles. The van der Waals surface area contributed by atoms with Gasteiger partial charge >= 0.3 is 5.97 Å². The number of carbonyl (C=O) groups is 3. The number of esters is 1. The Bertz CT molecular complexity index is 858. The van der Waals surface area contributed by atoms with Gasteiger partial charge < -0.3 is 15.4 Å². The van der Waals surface area contributed by atoms with E-state index in [1.54, 1.807) is 6.92 Å². The van der Waals surface area contributed by atoms with Gasteiger partial charge in [-0.3, -0.25) is 19.4 Å². The van der Waals surface area contributed by atoms with Gasteiger partial charge in [0.05, 0.1) is 24.8 Å². The molecular weight excluding hydrogens is 428 g/mol. The van der Waals surface area contributed by atoms with Crippen LogP contribution >= 0.6 is 11.3 Å². The van der Waals surface area contributed by atoms with Crippen LogP contribution < -0.4 is 10.6 Å². The molecule has 0 aromatic carbocycles. The van der Waals surface area contributed by atoms with E-state index < -0.39 is 0 Å². The molecule has 2 fully saturated rings. The van der Waals surface area contributed by atoms with Gasteiger partial charge in [0.15, 0.2) is 0 Å². The van der Waals surface area contributed by atoms with E-state index in [-0.39, 0.29) is 23.8 Å². The predicted octanol–water partition coefficient (Wildman–Crippen LogP) is 2.03. The van der Waals surface area contributed by atoms with Crippen LogP contribution in [0.1, 0.15) is 60.3 Å². The van der Waals surface area contributed by atoms with Gasteiger partial charge in [0, 0.05) is 37.1 Å². The molecular formula is C23H34N4O4S. The third-order valence-corrected chi connectivity index (χ3v) is 7.74. The van der Waals surface area contributed by atoms with Crippen molar-refractivity contribution < 1.29 is 19.1 Å². The van der Waals surface area contributed by atoms with Gasteiger partial charge in [-0.05, 0) is 57.9 Å². The molecule has 0 bridgehead atoms. The Balaban J connectivity index is 1.34. The lowest BCUT2D eigenvalue weighted by Gasteiger charge is -2.37. The Morgan fingerprint density at radius 1 is 1.12 bits per heavy atom. The third-order valence-electron chi connectivity index (χ3n) is 6.53. The summed E-state index contributed by atoms with van der Waals surface area (Å²) in [6, 6.07) is 0.0709. The monoisotopic (exact) mass is 462 g/mol. The Kier molecular flexibility index (Phi) is 7.48. The van der Waals surface area contributed by atoms with E-state index in [1.807, 2.05) is 6.92 Å². The number of thiophene rings is 1. The first kappa shape index (κ1) is 23.2. The zero-order valence-electron chi connectivity index (χ0n) is 19.1. The summed E-state index contributed by atoms with van der Waals surface area (Å²) in [5, 5.41) is 6.69. The molecule has 1 saturated carbocycles. The smallest absolute Gasteiger partial charge is 0.341 e. The van der Waals surface area contributed by atoms with Gasteiger partial charge in [-0.2, -0.15) is 0 Å². The van der Waals surface area contributed by atoms with Crippen molar-refractivity contribution in [3.05, 3.63) is 16.0 Å². The van der Waals surface area contributed by atoms with E-state index in [9.17, 15) is 14.4 Å². The number of aryl methyl sites for hydroxylation is 1. The third kappa shape index (κ3) is 5.50. The molecule has 176 valence electrons. The molecule has 0 radical (unpaired) electrons. The van der Waals surface area contributed by atoms with Crippen LogP contribution in [0.5, 0.6) is 0 Å². The lowest BCUT2D eigenvalue weighted by atomic mass is 9.95. The van der Waals surface area contributed by atoms with Gasteiger partial charge in [-0.1, -0.05) is 0 Å². The highest BCUT2D eigenvalue weighted by atomic mass is 32.1. The van der Waals surface area contributed by atoms with Crippen molar-refractivity contribution in [2.45, 2.75) is 64.5 Å². The highest BCUT2D eigenvalue weighted by Crippen LogP contribution is 2.38. The van der Waals surface area contributed by atoms with Crippen LogP contribution in [0.4, 0.5) is 5.00 Å². The van der Waals surface area contributed by atoms with Crippen molar-refractivity contribution in [3.8, 4) is 0 Å². The standard InChI is InChI=1S/C23H34N4O4S/c1-3-31-23(30)20-17-6-4-5-7-18(17)32-22(20)25-21(29)15(2)27-12-10-26(11-13-27)14-19(28)24-16-8-9-16/h15-16H,3-14H2,1-2H3,(H,24,28)(H,25,29). The minimum absolute atomic E-state index is 0.0971. The number of piperazine rings is 1. The zero-order valence-corrected chi connectivity index (χ0v) is 19.9. The van der Waals surface area contributed by atoms with Crippen LogP contribution in [0.3, 0.4) is 0 Å². The number of fused-ring (bicyclic) bond motifs is 1. The first-order valence-corrected chi connectivity index (χ1v) is 12.7. The van der Waals surface area contributed by atoms with Crippen molar-refractivity contribution in [1.82, 2.24) is 15.1 Å². The average Bonchev–Trinajstić information content (AvgIpc) is 3.51. The van der Waals surface area contributed by atoms with E-state index in [0.717, 1.165) is 70.3 Å². The van der Waals surface area contributed by atoms with E-state index in [2.05, 4.69) is 20.4 Å². The second-order valence-electron chi connectivity index (χ2n) is 8.95. The normalized spacial score (nSPS) is 20.3. The van der Waals surface area contributed by atoms with E-state index >= 15 is 0 Å². The molecule has 1 atom stereocenters. The Morgan fingerprint density at radius 2 is 1.84 bits per heavy atom. The fraction of sp³-hybridized carbons (Fsp3) is 0.696. The van der Waals surface area contributed by atoms with Crippen LogP contribution in [-0.2, 0) is 27.2 Å². The molecule has 1 aromatic heterocycles. The summed E-state index contributed by atoms with van der Waals surface area (Å²) in [4.78, 5) is 43.2. The molecule has 9 heteroatoms. The van der Waals surface area contributed by atoms with Crippen molar-refractivity contribution >= 4 is 34.1 Å². The number of nitrogens with zero attached hydrogens (tertiary/aromatic N) is 2. The molecule has 2 N–H and O–H groups in total. The fourth-order valence-corrected chi connectivity index (χ4v) is 5.75. The van der Waals surface area contributed by atoms with Gasteiger partial charge in [0.1, 0.15) is 5.00 Å². The van der Waals surface area contributed by atoms with Crippen LogP contribution in [0.2, 0.25) is 0 Å². The molecule has 3 aliphatic rings. The highest BCUT2D eigenvalue weighted by molar-refractivity contribution is 7.17. The molecule has 2 heterocycles. The van der Waals surface area contributed by atoms with E-state index in [1.165, 1.54) is 16.2 Å². The molecule has 1 unspecified atom stereocenters. The lowest BCUT2D eigenvalue weighted by molar-refractivity contribution is -0.124. The van der Waals surface area contributed by atoms with Crippen molar-refractivity contribution in [2.75, 3.05) is 44.6 Å². The molecule has 1 aliphatic heterocycles. The summed E-state index contributed by atoms with van der Waals surface area (Å²) in [5.74, 6) is -0.345. The number of nitrogens with one attached hydrogen (secondary N) is 2. The number of hydrogen-bond donors (Lipinski definition) is 2. The van der Waals surface area contributed by atoms with E-state index in [4.69, 9.17) is 4.74 Å². The Labute approximate surface area is 193 Å². The van der Waals surface area contributed by atoms with Crippen molar-refractivity contribution in [1.29, 1.82) is 0 Å². The zero-order chi connectivity index (χ0) is 22.7. The van der Waals surface area contributed by atoms with Crippen LogP contribution in [0, 0.1) is 0 Å². The molecule has 8 nitrogen and oxygen atoms in total. The molecule has 1 aromatic rings. The summed E-state index contributed by atoms with van der Waals surface area (Å²) >= 11 is 1.52. The summed E-state index contributed by atoms with van der Waals surface area (Å²) in [6.07, 6.45) is 6.18. The quantitative estimate of drug-likeness (QED) is 0.575. The SMILES string of the molecule is CCOC(=O)c1c(NC(=O)C(C)N2CCN(CC(=O)NC3CC3)CC2)sc2c1CCCC2. The first-order chi connectivity index (χ1) is 15.5. The number of anilines is 1. The maximum atomic E-state index is 13.1. The van der Waals surface area contributed by atoms with Crippen LogP contribution in [0.25, 0.3) is 0 Å². The second kappa shape index (κ2) is 10.3. The van der Waals surface area contributed by atoms with Gasteiger partial charge in [0.2, 0.25) is 11.8 Å². The Morgan fingerprint density at radius 3 is 2.53 bits per heavy atom. The number of amides is 2. The summed E-state index contributed by atoms with van der Waals surface area (Å²) in [6.45, 7) is 7.43.